The fourth-order valence-corrected chi connectivity index (χ4v) is 3.25. The average Bonchev–Trinajstić information content (AvgIpc) is 3.49. The second kappa shape index (κ2) is 8.73. The van der Waals surface area contributed by atoms with Crippen LogP contribution in [0.15, 0.2) is 35.0 Å². The first kappa shape index (κ1) is 22.6. The fraction of sp³-hybridized carbons (Fsp3) is 0.375. The quantitative estimate of drug-likeness (QED) is 0.582. The van der Waals surface area contributed by atoms with Crippen molar-refractivity contribution in [2.75, 3.05) is 5.32 Å². The molecule has 0 unspecified atom stereocenters. The third-order valence-electron chi connectivity index (χ3n) is 5.43. The van der Waals surface area contributed by atoms with Crippen molar-refractivity contribution in [1.82, 2.24) is 20.4 Å². The molecule has 2 amide bonds. The van der Waals surface area contributed by atoms with Gasteiger partial charge in [0.25, 0.3) is 0 Å². The van der Waals surface area contributed by atoms with E-state index < -0.39 is 11.7 Å². The van der Waals surface area contributed by atoms with Gasteiger partial charge in [-0.2, -0.15) is 4.98 Å². The van der Waals surface area contributed by atoms with Crippen LogP contribution in [0.2, 0.25) is 0 Å². The minimum atomic E-state index is -0.521. The molecule has 2 N–H and O–H groups in total. The molecular formula is C24H26FN5O3. The summed E-state index contributed by atoms with van der Waals surface area (Å²) in [7, 11) is 0. The molecule has 2 aromatic heterocycles. The molecule has 1 aliphatic rings. The van der Waals surface area contributed by atoms with Crippen molar-refractivity contribution in [3.8, 4) is 11.1 Å². The summed E-state index contributed by atoms with van der Waals surface area (Å²) in [6.07, 6.45) is 3.32. The number of aromatic nitrogens is 3. The number of nitrogens with zero attached hydrogens (tertiary/aromatic N) is 3. The van der Waals surface area contributed by atoms with E-state index in [9.17, 15) is 14.0 Å². The highest BCUT2D eigenvalue weighted by Crippen LogP contribution is 2.31. The van der Waals surface area contributed by atoms with E-state index in [2.05, 4.69) is 25.8 Å². The van der Waals surface area contributed by atoms with Crippen molar-refractivity contribution < 1.29 is 18.5 Å². The zero-order chi connectivity index (χ0) is 23.8. The largest absolute Gasteiger partial charge is 0.344 e. The van der Waals surface area contributed by atoms with E-state index in [1.807, 2.05) is 27.7 Å². The zero-order valence-electron chi connectivity index (χ0n) is 19.0. The Morgan fingerprint density at radius 3 is 2.64 bits per heavy atom. The Morgan fingerprint density at radius 1 is 1.21 bits per heavy atom. The van der Waals surface area contributed by atoms with Crippen LogP contribution in [0.25, 0.3) is 11.1 Å². The third-order valence-corrected chi connectivity index (χ3v) is 5.43. The van der Waals surface area contributed by atoms with Crippen LogP contribution in [0.5, 0.6) is 0 Å². The highest BCUT2D eigenvalue weighted by atomic mass is 19.1. The predicted octanol–water partition coefficient (Wildman–Crippen LogP) is 4.16. The lowest BCUT2D eigenvalue weighted by Crippen LogP contribution is -2.24. The van der Waals surface area contributed by atoms with Crippen LogP contribution in [0.1, 0.15) is 61.2 Å². The van der Waals surface area contributed by atoms with E-state index in [1.54, 1.807) is 18.2 Å². The van der Waals surface area contributed by atoms with Gasteiger partial charge in [-0.15, -0.1) is 0 Å². The summed E-state index contributed by atoms with van der Waals surface area (Å²) in [5, 5.41) is 9.31. The normalized spacial score (nSPS) is 13.6. The highest BCUT2D eigenvalue weighted by molar-refractivity contribution is 5.93. The molecule has 1 fully saturated rings. The molecule has 0 radical (unpaired) electrons. The maximum absolute atomic E-state index is 15.0. The summed E-state index contributed by atoms with van der Waals surface area (Å²) in [6.45, 7) is 7.69. The zero-order valence-corrected chi connectivity index (χ0v) is 19.0. The molecule has 9 heteroatoms. The summed E-state index contributed by atoms with van der Waals surface area (Å²) in [5.41, 5.74) is 2.07. The van der Waals surface area contributed by atoms with Gasteiger partial charge in [0.2, 0.25) is 5.91 Å². The maximum atomic E-state index is 15.0. The number of anilines is 1. The standard InChI is InChI=1S/C24H26FN5O3/c1-13-9-17(15-7-8-26-19(11-15)28-20(31)14-5-6-14)18(25)10-16(13)12-27-21(32)22-29-23(30-33-22)24(2,3)4/h7-11,14H,5-6,12H2,1-4H3,(H,27,32)(H,26,28,31). The van der Waals surface area contributed by atoms with Gasteiger partial charge < -0.3 is 15.2 Å². The van der Waals surface area contributed by atoms with Crippen molar-refractivity contribution in [3.05, 3.63) is 59.1 Å². The van der Waals surface area contributed by atoms with Crippen LogP contribution in [0.4, 0.5) is 10.2 Å². The Balaban J connectivity index is 1.46. The minimum Gasteiger partial charge on any atom is -0.344 e. The van der Waals surface area contributed by atoms with Gasteiger partial charge in [0, 0.05) is 29.6 Å². The van der Waals surface area contributed by atoms with Gasteiger partial charge in [-0.05, 0) is 60.7 Å². The van der Waals surface area contributed by atoms with Gasteiger partial charge in [0.1, 0.15) is 11.6 Å². The summed E-state index contributed by atoms with van der Waals surface area (Å²) >= 11 is 0. The number of nitrogens with one attached hydrogen (secondary N) is 2. The summed E-state index contributed by atoms with van der Waals surface area (Å²) in [4.78, 5) is 32.7. The molecule has 8 nitrogen and oxygen atoms in total. The lowest BCUT2D eigenvalue weighted by Gasteiger charge is -2.12. The summed E-state index contributed by atoms with van der Waals surface area (Å²) in [6, 6.07) is 6.45. The van der Waals surface area contributed by atoms with Crippen LogP contribution in [0.3, 0.4) is 0 Å². The van der Waals surface area contributed by atoms with Gasteiger partial charge in [-0.1, -0.05) is 25.9 Å². The Kier molecular flexibility index (Phi) is 5.97. The van der Waals surface area contributed by atoms with E-state index >= 15 is 0 Å². The smallest absolute Gasteiger partial charge is 0.315 e. The maximum Gasteiger partial charge on any atom is 0.315 e. The van der Waals surface area contributed by atoms with Crippen LogP contribution >= 0.6 is 0 Å². The second-order valence-corrected chi connectivity index (χ2v) is 9.31. The predicted molar refractivity (Wildman–Crippen MR) is 120 cm³/mol. The molecule has 33 heavy (non-hydrogen) atoms. The number of benzene rings is 1. The molecular weight excluding hydrogens is 425 g/mol. The number of pyridine rings is 1. The van der Waals surface area contributed by atoms with Crippen molar-refractivity contribution in [1.29, 1.82) is 0 Å². The van der Waals surface area contributed by atoms with Gasteiger partial charge in [-0.25, -0.2) is 9.37 Å². The number of hydrogen-bond acceptors (Lipinski definition) is 6. The lowest BCUT2D eigenvalue weighted by molar-refractivity contribution is -0.117. The Bertz CT molecular complexity index is 1210. The van der Waals surface area contributed by atoms with Gasteiger partial charge in [-0.3, -0.25) is 9.59 Å². The highest BCUT2D eigenvalue weighted by Gasteiger charge is 2.30. The van der Waals surface area contributed by atoms with Gasteiger partial charge in [0.15, 0.2) is 5.82 Å². The first-order chi connectivity index (χ1) is 15.6. The average molecular weight is 452 g/mol. The summed E-state index contributed by atoms with van der Waals surface area (Å²) < 4.78 is 20.0. The van der Waals surface area contributed by atoms with Crippen molar-refractivity contribution in [2.24, 2.45) is 5.92 Å². The van der Waals surface area contributed by atoms with Crippen LogP contribution < -0.4 is 10.6 Å². The van der Waals surface area contributed by atoms with E-state index in [1.165, 1.54) is 12.3 Å². The molecule has 1 saturated carbocycles. The molecule has 3 aromatic rings. The molecule has 1 aliphatic carbocycles. The number of amides is 2. The number of carbonyl (C=O) groups excluding carboxylic acids is 2. The first-order valence-electron chi connectivity index (χ1n) is 10.8. The molecule has 1 aromatic carbocycles. The second-order valence-electron chi connectivity index (χ2n) is 9.31. The SMILES string of the molecule is Cc1cc(-c2ccnc(NC(=O)C3CC3)c2)c(F)cc1CNC(=O)c1nc(C(C)(C)C)no1. The third kappa shape index (κ3) is 5.24. The number of carbonyl (C=O) groups is 2. The number of hydrogen-bond donors (Lipinski definition) is 2. The van der Waals surface area contributed by atoms with Crippen molar-refractivity contribution in [2.45, 2.75) is 52.5 Å². The molecule has 4 rings (SSSR count). The molecule has 2 heterocycles. The van der Waals surface area contributed by atoms with E-state index in [4.69, 9.17) is 4.52 Å². The number of rotatable bonds is 6. The first-order valence-corrected chi connectivity index (χ1v) is 10.8. The van der Waals surface area contributed by atoms with Gasteiger partial charge >= 0.3 is 11.8 Å². The Morgan fingerprint density at radius 2 is 1.97 bits per heavy atom. The van der Waals surface area contributed by atoms with E-state index in [-0.39, 0.29) is 29.7 Å². The molecule has 172 valence electrons. The molecule has 0 atom stereocenters. The molecule has 0 spiro atoms. The minimum absolute atomic E-state index is 0.0520. The fourth-order valence-electron chi connectivity index (χ4n) is 3.25. The van der Waals surface area contributed by atoms with E-state index in [0.717, 1.165) is 18.4 Å². The Labute approximate surface area is 191 Å². The topological polar surface area (TPSA) is 110 Å². The monoisotopic (exact) mass is 451 g/mol. The number of halogens is 1. The molecule has 0 aliphatic heterocycles. The Hall–Kier alpha value is -3.62. The molecule has 0 saturated heterocycles. The summed E-state index contributed by atoms with van der Waals surface area (Å²) in [5.74, 6) is -0.270. The van der Waals surface area contributed by atoms with E-state index in [0.29, 0.717) is 28.3 Å². The lowest BCUT2D eigenvalue weighted by atomic mass is 9.96. The van der Waals surface area contributed by atoms with Crippen molar-refractivity contribution in [3.63, 3.8) is 0 Å². The van der Waals surface area contributed by atoms with Crippen molar-refractivity contribution >= 4 is 17.6 Å². The van der Waals surface area contributed by atoms with Crippen LogP contribution in [-0.4, -0.2) is 26.9 Å². The van der Waals surface area contributed by atoms with Gasteiger partial charge in [0.05, 0.1) is 0 Å². The van der Waals surface area contributed by atoms with Crippen LogP contribution in [-0.2, 0) is 16.8 Å². The van der Waals surface area contributed by atoms with Crippen LogP contribution in [0, 0.1) is 18.7 Å². The number of aryl methyl sites for hydroxylation is 1. The molecule has 0 bridgehead atoms.